The lowest BCUT2D eigenvalue weighted by Crippen LogP contribution is -2.45. The van der Waals surface area contributed by atoms with Gasteiger partial charge in [-0.1, -0.05) is 27.7 Å². The van der Waals surface area contributed by atoms with Crippen molar-refractivity contribution in [2.24, 2.45) is 0 Å². The lowest BCUT2D eigenvalue weighted by molar-refractivity contribution is 0.105. The van der Waals surface area contributed by atoms with Gasteiger partial charge in [-0.2, -0.15) is 0 Å². The summed E-state index contributed by atoms with van der Waals surface area (Å²) in [6.45, 7) is 10.2. The number of nitrogens with zero attached hydrogens (tertiary/aromatic N) is 1. The average Bonchev–Trinajstić information content (AvgIpc) is 2.78. The minimum absolute atomic E-state index is 0.124. The molecule has 0 radical (unpaired) electrons. The van der Waals surface area contributed by atoms with E-state index in [1.54, 1.807) is 18.4 Å². The molecule has 1 rings (SSSR count). The van der Waals surface area contributed by atoms with E-state index in [4.69, 9.17) is 9.72 Å². The minimum Gasteiger partial charge on any atom is -0.382 e. The second kappa shape index (κ2) is 6.47. The van der Waals surface area contributed by atoms with Crippen LogP contribution in [0.1, 0.15) is 50.7 Å². The van der Waals surface area contributed by atoms with E-state index in [1.165, 1.54) is 5.69 Å². The predicted molar refractivity (Wildman–Crippen MR) is 73.7 cm³/mol. The summed E-state index contributed by atoms with van der Waals surface area (Å²) in [5, 5.41) is 6.85. The first kappa shape index (κ1) is 14.6. The van der Waals surface area contributed by atoms with Crippen LogP contribution in [0.25, 0.3) is 0 Å². The molecule has 0 aliphatic heterocycles. The van der Waals surface area contributed by atoms with Crippen LogP contribution in [0.5, 0.6) is 0 Å². The van der Waals surface area contributed by atoms with Crippen LogP contribution in [0.2, 0.25) is 0 Å². The van der Waals surface area contributed by atoms with Crippen LogP contribution in [0.3, 0.4) is 0 Å². The molecule has 0 aromatic carbocycles. The first-order valence-electron chi connectivity index (χ1n) is 6.29. The fraction of sp³-hybridized carbons (Fsp3) is 0.769. The van der Waals surface area contributed by atoms with Gasteiger partial charge in [0, 0.05) is 12.5 Å². The van der Waals surface area contributed by atoms with Crippen molar-refractivity contribution < 1.29 is 4.74 Å². The van der Waals surface area contributed by atoms with Crippen molar-refractivity contribution in [3.05, 3.63) is 16.1 Å². The van der Waals surface area contributed by atoms with E-state index in [1.807, 2.05) is 0 Å². The third kappa shape index (κ3) is 3.27. The molecule has 1 aromatic heterocycles. The van der Waals surface area contributed by atoms with E-state index < -0.39 is 0 Å². The maximum absolute atomic E-state index is 5.38. The van der Waals surface area contributed by atoms with Crippen LogP contribution in [-0.2, 0) is 10.3 Å². The Morgan fingerprint density at radius 2 is 2.18 bits per heavy atom. The van der Waals surface area contributed by atoms with Gasteiger partial charge in [0.2, 0.25) is 0 Å². The van der Waals surface area contributed by atoms with Crippen LogP contribution in [0, 0.1) is 0 Å². The number of rotatable bonds is 7. The maximum Gasteiger partial charge on any atom is 0.115 e. The van der Waals surface area contributed by atoms with E-state index in [0.717, 1.165) is 18.0 Å². The van der Waals surface area contributed by atoms with Gasteiger partial charge in [0.25, 0.3) is 0 Å². The topological polar surface area (TPSA) is 34.1 Å². The van der Waals surface area contributed by atoms with Crippen molar-refractivity contribution in [1.29, 1.82) is 0 Å². The Bertz CT molecular complexity index is 330. The number of methoxy groups -OCH3 is 1. The first-order valence-corrected chi connectivity index (χ1v) is 7.17. The number of ether oxygens (including phenoxy) is 1. The molecule has 1 heterocycles. The van der Waals surface area contributed by atoms with Crippen LogP contribution in [-0.4, -0.2) is 25.2 Å². The molecule has 1 unspecified atom stereocenters. The van der Waals surface area contributed by atoms with Gasteiger partial charge in [0.15, 0.2) is 0 Å². The molecule has 0 saturated carbocycles. The Balaban J connectivity index is 3.02. The van der Waals surface area contributed by atoms with Gasteiger partial charge < -0.3 is 10.1 Å². The summed E-state index contributed by atoms with van der Waals surface area (Å²) in [6, 6.07) is 0. The maximum atomic E-state index is 5.38. The second-order valence-electron chi connectivity index (χ2n) is 4.63. The molecule has 98 valence electrons. The van der Waals surface area contributed by atoms with Gasteiger partial charge in [-0.25, -0.2) is 4.98 Å². The summed E-state index contributed by atoms with van der Waals surface area (Å²) in [7, 11) is 1.75. The number of thiazole rings is 1. The van der Waals surface area contributed by atoms with E-state index in [2.05, 4.69) is 38.4 Å². The van der Waals surface area contributed by atoms with Crippen LogP contribution in [0.15, 0.2) is 5.38 Å². The van der Waals surface area contributed by atoms with Gasteiger partial charge in [-0.05, 0) is 18.9 Å². The third-order valence-corrected chi connectivity index (χ3v) is 4.10. The Morgan fingerprint density at radius 1 is 1.47 bits per heavy atom. The highest BCUT2D eigenvalue weighted by molar-refractivity contribution is 7.09. The van der Waals surface area contributed by atoms with E-state index >= 15 is 0 Å². The highest BCUT2D eigenvalue weighted by atomic mass is 32.1. The zero-order valence-electron chi connectivity index (χ0n) is 11.5. The molecule has 0 fully saturated rings. The lowest BCUT2D eigenvalue weighted by atomic mass is 9.98. The van der Waals surface area contributed by atoms with Crippen molar-refractivity contribution in [3.63, 3.8) is 0 Å². The Morgan fingerprint density at radius 3 is 2.59 bits per heavy atom. The van der Waals surface area contributed by atoms with Crippen molar-refractivity contribution in [2.45, 2.75) is 45.6 Å². The van der Waals surface area contributed by atoms with Crippen molar-refractivity contribution >= 4 is 11.3 Å². The number of likely N-dealkylation sites (N-methyl/N-ethyl adjacent to an activating group) is 1. The molecule has 1 aromatic rings. The monoisotopic (exact) mass is 256 g/mol. The molecule has 0 bridgehead atoms. The molecule has 17 heavy (non-hydrogen) atoms. The average molecular weight is 256 g/mol. The molecule has 1 N–H and O–H groups in total. The van der Waals surface area contributed by atoms with Gasteiger partial charge in [0.05, 0.1) is 17.8 Å². The Kier molecular flexibility index (Phi) is 5.56. The predicted octanol–water partition coefficient (Wildman–Crippen LogP) is 3.13. The summed E-state index contributed by atoms with van der Waals surface area (Å²) in [4.78, 5) is 4.77. The largest absolute Gasteiger partial charge is 0.382 e. The smallest absolute Gasteiger partial charge is 0.115 e. The van der Waals surface area contributed by atoms with Gasteiger partial charge >= 0.3 is 0 Å². The van der Waals surface area contributed by atoms with Gasteiger partial charge in [-0.15, -0.1) is 11.3 Å². The molecule has 0 aliphatic rings. The van der Waals surface area contributed by atoms with E-state index in [9.17, 15) is 0 Å². The quantitative estimate of drug-likeness (QED) is 0.814. The molecule has 0 saturated heterocycles. The van der Waals surface area contributed by atoms with Crippen molar-refractivity contribution in [3.8, 4) is 0 Å². The molecule has 0 amide bonds. The standard InChI is InChI=1S/C13H24N2OS/c1-6-13(9-16-5,14-7-2)12-15-11(8-17-12)10(3)4/h8,10,14H,6-7,9H2,1-5H3. The van der Waals surface area contributed by atoms with Crippen molar-refractivity contribution in [1.82, 2.24) is 10.3 Å². The fourth-order valence-corrected chi connectivity index (χ4v) is 3.14. The molecular weight excluding hydrogens is 232 g/mol. The van der Waals surface area contributed by atoms with E-state index in [0.29, 0.717) is 12.5 Å². The molecule has 1 atom stereocenters. The third-order valence-electron chi connectivity index (χ3n) is 3.03. The lowest BCUT2D eigenvalue weighted by Gasteiger charge is -2.30. The Labute approximate surface area is 109 Å². The van der Waals surface area contributed by atoms with Gasteiger partial charge in [0.1, 0.15) is 5.01 Å². The van der Waals surface area contributed by atoms with E-state index in [-0.39, 0.29) is 5.54 Å². The molecule has 0 spiro atoms. The minimum atomic E-state index is -0.124. The summed E-state index contributed by atoms with van der Waals surface area (Å²) in [5.41, 5.74) is 1.05. The zero-order valence-corrected chi connectivity index (χ0v) is 12.4. The normalized spacial score (nSPS) is 15.2. The first-order chi connectivity index (χ1) is 8.09. The molecule has 3 nitrogen and oxygen atoms in total. The number of hydrogen-bond donors (Lipinski definition) is 1. The SMILES string of the molecule is CCNC(CC)(COC)c1nc(C(C)C)cs1. The number of hydrogen-bond acceptors (Lipinski definition) is 4. The fourth-order valence-electron chi connectivity index (χ4n) is 1.92. The van der Waals surface area contributed by atoms with Crippen LogP contribution < -0.4 is 5.32 Å². The molecule has 4 heteroatoms. The molecule has 0 aliphatic carbocycles. The summed E-state index contributed by atoms with van der Waals surface area (Å²) in [5.74, 6) is 0.485. The Hall–Kier alpha value is -0.450. The highest BCUT2D eigenvalue weighted by Gasteiger charge is 2.32. The second-order valence-corrected chi connectivity index (χ2v) is 5.49. The highest BCUT2D eigenvalue weighted by Crippen LogP contribution is 2.30. The van der Waals surface area contributed by atoms with Crippen LogP contribution in [0.4, 0.5) is 0 Å². The summed E-state index contributed by atoms with van der Waals surface area (Å²) >= 11 is 1.74. The zero-order chi connectivity index (χ0) is 12.9. The number of nitrogens with one attached hydrogen (secondary N) is 1. The van der Waals surface area contributed by atoms with Crippen LogP contribution >= 0.6 is 11.3 Å². The van der Waals surface area contributed by atoms with Crippen molar-refractivity contribution in [2.75, 3.05) is 20.3 Å². The van der Waals surface area contributed by atoms with Gasteiger partial charge in [-0.3, -0.25) is 0 Å². The number of aromatic nitrogens is 1. The summed E-state index contributed by atoms with van der Waals surface area (Å²) < 4.78 is 5.38. The summed E-state index contributed by atoms with van der Waals surface area (Å²) in [6.07, 6.45) is 0.986. The molecular formula is C13H24N2OS.